The van der Waals surface area contributed by atoms with Gasteiger partial charge < -0.3 is 14.7 Å². The Balaban J connectivity index is 2.51. The Morgan fingerprint density at radius 2 is 2.20 bits per heavy atom. The van der Waals surface area contributed by atoms with Crippen LogP contribution in [0.1, 0.15) is 39.6 Å². The van der Waals surface area contributed by atoms with Crippen molar-refractivity contribution in [2.45, 2.75) is 19.4 Å². The van der Waals surface area contributed by atoms with E-state index in [1.807, 2.05) is 0 Å². The highest BCUT2D eigenvalue weighted by molar-refractivity contribution is 5.85. The third-order valence-corrected chi connectivity index (χ3v) is 3.53. The van der Waals surface area contributed by atoms with Crippen LogP contribution in [0.4, 0.5) is 0 Å². The van der Waals surface area contributed by atoms with Crippen LogP contribution in [-0.4, -0.2) is 36.6 Å². The summed E-state index contributed by atoms with van der Waals surface area (Å²) in [5.41, 5.74) is 0.196. The monoisotopic (exact) mass is 345 g/mol. The van der Waals surface area contributed by atoms with Crippen molar-refractivity contribution in [2.24, 2.45) is 0 Å². The molecule has 4 heteroatoms. The second-order valence-electron chi connectivity index (χ2n) is 5.71. The smallest absolute Gasteiger partial charge is 0.307 e. The molecule has 0 radical (unpaired) electrons. The van der Waals surface area contributed by atoms with Crippen molar-refractivity contribution < 1.29 is 25.6 Å². The number of rotatable bonds is 5. The van der Waals surface area contributed by atoms with Gasteiger partial charge in [0.25, 0.3) is 0 Å². The predicted octanol–water partition coefficient (Wildman–Crippen LogP) is 3.59. The van der Waals surface area contributed by atoms with E-state index in [0.717, 1.165) is 4.90 Å². The number of hydrogen-bond donors (Lipinski definition) is 1. The van der Waals surface area contributed by atoms with E-state index in [-0.39, 0.29) is 29.1 Å². The Morgan fingerprint density at radius 1 is 1.40 bits per heavy atom. The largest absolute Gasteiger partial charge is 0.488 e. The molecule has 4 nitrogen and oxygen atoms in total. The summed E-state index contributed by atoms with van der Waals surface area (Å²) in [6, 6.07) is 4.34. The number of aliphatic carboxylic acids is 1. The fourth-order valence-electron chi connectivity index (χ4n) is 2.46. The van der Waals surface area contributed by atoms with Gasteiger partial charge in [0.15, 0.2) is 0 Å². The summed E-state index contributed by atoms with van der Waals surface area (Å²) in [7, 11) is 2.67. The van der Waals surface area contributed by atoms with Gasteiger partial charge in [0, 0.05) is 17.5 Å². The van der Waals surface area contributed by atoms with Crippen molar-refractivity contribution in [2.75, 3.05) is 20.6 Å². The van der Waals surface area contributed by atoms with Crippen LogP contribution < -0.4 is 4.74 Å². The molecule has 0 saturated heterocycles. The van der Waals surface area contributed by atoms with Crippen LogP contribution in [-0.2, 0) is 17.8 Å². The summed E-state index contributed by atoms with van der Waals surface area (Å²) < 4.78 is 73.3. The number of benzene rings is 2. The van der Waals surface area contributed by atoms with Crippen molar-refractivity contribution in [1.29, 1.82) is 0 Å². The number of ether oxygens (including phenoxy) is 1. The summed E-state index contributed by atoms with van der Waals surface area (Å²) in [6.45, 7) is -2.71. The standard InChI is InChI=1S/C21H23NO3/c1-22(2)11-5-8-18-17-7-4-3-6-16(17)14-25-20-10-9-15(12-19(18)20)13-21(23)24/h3-4,6-10,12H,5,11,13-14H2,1-2H3,(H,23,24)/b18-8-/i5D2,8D,9D,10D,11D2,12D. The van der Waals surface area contributed by atoms with Crippen molar-refractivity contribution in [1.82, 2.24) is 4.90 Å². The molecule has 1 N–H and O–H groups in total. The predicted molar refractivity (Wildman–Crippen MR) is 98.8 cm³/mol. The summed E-state index contributed by atoms with van der Waals surface area (Å²) in [5, 5.41) is 9.27. The molecule has 1 heterocycles. The minimum absolute atomic E-state index is 0.0907. The van der Waals surface area contributed by atoms with Crippen molar-refractivity contribution in [3.8, 4) is 5.75 Å². The molecule has 1 aliphatic heterocycles. The first-order valence-electron chi connectivity index (χ1n) is 11.7. The summed E-state index contributed by atoms with van der Waals surface area (Å²) >= 11 is 0. The molecule has 2 aromatic carbocycles. The van der Waals surface area contributed by atoms with E-state index in [0.29, 0.717) is 11.1 Å². The quantitative estimate of drug-likeness (QED) is 0.900. The molecule has 0 aliphatic carbocycles. The highest BCUT2D eigenvalue weighted by atomic mass is 16.5. The average Bonchev–Trinajstić information content (AvgIpc) is 2.91. The fourth-order valence-corrected chi connectivity index (χ4v) is 2.46. The van der Waals surface area contributed by atoms with Crippen LogP contribution in [0.2, 0.25) is 0 Å². The average molecular weight is 345 g/mol. The van der Waals surface area contributed by atoms with Crippen molar-refractivity contribution in [3.05, 3.63) is 70.7 Å². The molecule has 0 spiro atoms. The van der Waals surface area contributed by atoms with Crippen LogP contribution >= 0.6 is 0 Å². The number of nitrogens with zero attached hydrogens (tertiary/aromatic N) is 1. The third kappa shape index (κ3) is 4.09. The number of carboxylic acid groups (broad SMARTS) is 1. The molecule has 0 unspecified atom stereocenters. The van der Waals surface area contributed by atoms with Gasteiger partial charge in [-0.15, -0.1) is 0 Å². The van der Waals surface area contributed by atoms with E-state index < -0.39 is 49.4 Å². The van der Waals surface area contributed by atoms with Gasteiger partial charge >= 0.3 is 5.97 Å². The van der Waals surface area contributed by atoms with E-state index in [4.69, 9.17) is 15.7 Å². The zero-order valence-electron chi connectivity index (χ0n) is 21.9. The van der Waals surface area contributed by atoms with Gasteiger partial charge in [0.05, 0.1) is 11.9 Å². The molecule has 0 bridgehead atoms. The minimum atomic E-state index is -2.87. The van der Waals surface area contributed by atoms with Crippen LogP contribution in [0.15, 0.2) is 48.4 Å². The third-order valence-electron chi connectivity index (χ3n) is 3.53. The number of fused-ring (bicyclic) bond motifs is 2. The lowest BCUT2D eigenvalue weighted by atomic mass is 9.92. The van der Waals surface area contributed by atoms with Crippen LogP contribution in [0.5, 0.6) is 5.75 Å². The molecule has 1 aliphatic rings. The number of carbonyl (C=O) groups is 1. The fraction of sp³-hybridized carbons (Fsp3) is 0.286. The van der Waals surface area contributed by atoms with E-state index >= 15 is 0 Å². The molecule has 0 atom stereocenters. The normalized spacial score (nSPS) is 20.8. The second kappa shape index (κ2) is 7.53. The Labute approximate surface area is 159 Å². The van der Waals surface area contributed by atoms with E-state index in [1.54, 1.807) is 24.3 Å². The maximum atomic E-state index is 11.4. The maximum Gasteiger partial charge on any atom is 0.307 e. The Bertz CT molecular complexity index is 1160. The van der Waals surface area contributed by atoms with Gasteiger partial charge in [-0.05, 0) is 54.8 Å². The molecule has 3 rings (SSSR count). The lowest BCUT2D eigenvalue weighted by Crippen LogP contribution is -2.12. The molecule has 25 heavy (non-hydrogen) atoms. The van der Waals surface area contributed by atoms with Gasteiger partial charge in [-0.25, -0.2) is 0 Å². The second-order valence-corrected chi connectivity index (χ2v) is 5.71. The summed E-state index contributed by atoms with van der Waals surface area (Å²) in [5.74, 6) is -1.56. The molecular weight excluding hydrogens is 314 g/mol. The summed E-state index contributed by atoms with van der Waals surface area (Å²) in [4.78, 5) is 12.4. The Hall–Kier alpha value is -2.59. The highest BCUT2D eigenvalue weighted by Crippen LogP contribution is 2.37. The lowest BCUT2D eigenvalue weighted by molar-refractivity contribution is -0.136. The molecule has 0 aromatic heterocycles. The van der Waals surface area contributed by atoms with Gasteiger partial charge in [-0.2, -0.15) is 0 Å². The molecule has 0 saturated carbocycles. The topological polar surface area (TPSA) is 49.8 Å². The Kier molecular flexibility index (Phi) is 2.95. The zero-order chi connectivity index (χ0) is 24.9. The van der Waals surface area contributed by atoms with Crippen LogP contribution in [0.25, 0.3) is 5.57 Å². The summed E-state index contributed by atoms with van der Waals surface area (Å²) in [6.07, 6.45) is -3.59. The first-order chi connectivity index (χ1) is 15.2. The molecule has 2 aromatic rings. The van der Waals surface area contributed by atoms with Crippen molar-refractivity contribution >= 4 is 11.5 Å². The molecule has 130 valence electrons. The molecular formula is C21H23NO3. The van der Waals surface area contributed by atoms with Gasteiger partial charge in [-0.1, -0.05) is 36.4 Å². The number of carboxylic acids is 1. The van der Waals surface area contributed by atoms with Gasteiger partial charge in [0.1, 0.15) is 12.4 Å². The molecule has 0 amide bonds. The van der Waals surface area contributed by atoms with E-state index in [9.17, 15) is 9.90 Å². The SMILES string of the molecule is [2H]/C(=C1\c2ccccc2COc2c([2H])c([2H])c(CC(=O)O)c([2H])c21)C([2H])([2H])C([2H])([2H])N(C)C. The Morgan fingerprint density at radius 3 is 2.96 bits per heavy atom. The van der Waals surface area contributed by atoms with E-state index in [1.165, 1.54) is 14.1 Å². The first-order valence-corrected chi connectivity index (χ1v) is 7.68. The minimum Gasteiger partial charge on any atom is -0.488 e. The first kappa shape index (κ1) is 9.78. The number of hydrogen-bond acceptors (Lipinski definition) is 3. The van der Waals surface area contributed by atoms with Crippen LogP contribution in [0, 0.1) is 0 Å². The zero-order valence-corrected chi connectivity index (χ0v) is 13.9. The highest BCUT2D eigenvalue weighted by Gasteiger charge is 2.19. The van der Waals surface area contributed by atoms with Crippen molar-refractivity contribution in [3.63, 3.8) is 0 Å². The lowest BCUT2D eigenvalue weighted by Gasteiger charge is -2.13. The maximum absolute atomic E-state index is 11.4. The van der Waals surface area contributed by atoms with E-state index in [2.05, 4.69) is 0 Å². The van der Waals surface area contributed by atoms with Gasteiger partial charge in [0.2, 0.25) is 0 Å². The van der Waals surface area contributed by atoms with Crippen LogP contribution in [0.3, 0.4) is 0 Å². The van der Waals surface area contributed by atoms with Gasteiger partial charge in [-0.3, -0.25) is 4.79 Å². The molecule has 0 fully saturated rings.